The standard InChI is InChI=1S/C10H9IN2O2S/c1-2-13-4-6(9(12)15)8(14)5-3-7(11)16-10(5)13/h3-4H,2H2,1H3,(H2,12,15). The highest BCUT2D eigenvalue weighted by Crippen LogP contribution is 2.25. The van der Waals surface area contributed by atoms with Gasteiger partial charge >= 0.3 is 0 Å². The first-order valence-corrected chi connectivity index (χ1v) is 6.56. The molecular weight excluding hydrogens is 339 g/mol. The number of halogens is 1. The van der Waals surface area contributed by atoms with E-state index in [2.05, 4.69) is 22.6 Å². The Kier molecular flexibility index (Phi) is 3.02. The zero-order chi connectivity index (χ0) is 11.9. The van der Waals surface area contributed by atoms with Gasteiger partial charge in [-0.05, 0) is 35.6 Å². The molecule has 2 heterocycles. The van der Waals surface area contributed by atoms with E-state index in [1.54, 1.807) is 12.3 Å². The van der Waals surface area contributed by atoms with Crippen LogP contribution in [0.2, 0.25) is 0 Å². The second-order valence-corrected chi connectivity index (χ2v) is 6.22. The number of nitrogens with two attached hydrogens (primary N) is 1. The largest absolute Gasteiger partial charge is 0.365 e. The second kappa shape index (κ2) is 4.17. The summed E-state index contributed by atoms with van der Waals surface area (Å²) in [5.41, 5.74) is 4.97. The smallest absolute Gasteiger partial charge is 0.254 e. The van der Waals surface area contributed by atoms with Crippen molar-refractivity contribution in [2.75, 3.05) is 0 Å². The molecule has 0 spiro atoms. The molecule has 2 aromatic rings. The highest BCUT2D eigenvalue weighted by Gasteiger charge is 2.14. The second-order valence-electron chi connectivity index (χ2n) is 3.29. The summed E-state index contributed by atoms with van der Waals surface area (Å²) in [6.07, 6.45) is 1.54. The van der Waals surface area contributed by atoms with Crippen molar-refractivity contribution in [2.24, 2.45) is 5.73 Å². The van der Waals surface area contributed by atoms with Gasteiger partial charge in [0.05, 0.1) is 8.27 Å². The molecule has 0 saturated heterocycles. The minimum atomic E-state index is -0.671. The number of rotatable bonds is 2. The Bertz CT molecular complexity index is 630. The van der Waals surface area contributed by atoms with Crippen molar-refractivity contribution in [3.05, 3.63) is 30.9 Å². The number of aromatic nitrogens is 1. The average molecular weight is 348 g/mol. The summed E-state index contributed by atoms with van der Waals surface area (Å²) < 4.78 is 2.90. The fourth-order valence-corrected chi connectivity index (χ4v) is 3.42. The van der Waals surface area contributed by atoms with E-state index < -0.39 is 5.91 Å². The maximum Gasteiger partial charge on any atom is 0.254 e. The summed E-state index contributed by atoms with van der Waals surface area (Å²) in [5, 5.41) is 0.576. The van der Waals surface area contributed by atoms with Crippen LogP contribution in [0.4, 0.5) is 0 Å². The molecule has 0 aliphatic rings. The van der Waals surface area contributed by atoms with Crippen molar-refractivity contribution in [1.29, 1.82) is 0 Å². The zero-order valence-electron chi connectivity index (χ0n) is 8.49. The molecule has 0 bridgehead atoms. The fourth-order valence-electron chi connectivity index (χ4n) is 1.56. The molecule has 2 aromatic heterocycles. The molecule has 0 atom stereocenters. The maximum absolute atomic E-state index is 11.9. The number of nitrogens with zero attached hydrogens (tertiary/aromatic N) is 1. The molecule has 2 N–H and O–H groups in total. The molecule has 0 aromatic carbocycles. The van der Waals surface area contributed by atoms with Crippen molar-refractivity contribution in [3.8, 4) is 0 Å². The van der Waals surface area contributed by atoms with Crippen LogP contribution in [0.1, 0.15) is 17.3 Å². The lowest BCUT2D eigenvalue weighted by atomic mass is 10.2. The monoisotopic (exact) mass is 348 g/mol. The van der Waals surface area contributed by atoms with Crippen LogP contribution in [0.5, 0.6) is 0 Å². The molecule has 0 radical (unpaired) electrons. The van der Waals surface area contributed by atoms with Crippen LogP contribution in [-0.4, -0.2) is 10.5 Å². The van der Waals surface area contributed by atoms with E-state index in [9.17, 15) is 9.59 Å². The first-order valence-electron chi connectivity index (χ1n) is 4.67. The van der Waals surface area contributed by atoms with E-state index >= 15 is 0 Å². The Morgan fingerprint density at radius 3 is 2.88 bits per heavy atom. The topological polar surface area (TPSA) is 65.1 Å². The molecule has 0 fully saturated rings. The summed E-state index contributed by atoms with van der Waals surface area (Å²) >= 11 is 3.70. The molecule has 6 heteroatoms. The molecule has 0 aliphatic carbocycles. The lowest BCUT2D eigenvalue weighted by Gasteiger charge is -2.05. The summed E-state index contributed by atoms with van der Waals surface area (Å²) in [6.45, 7) is 2.66. The van der Waals surface area contributed by atoms with Crippen LogP contribution in [0, 0.1) is 2.88 Å². The average Bonchev–Trinajstić information content (AvgIpc) is 2.60. The van der Waals surface area contributed by atoms with Crippen molar-refractivity contribution in [1.82, 2.24) is 4.57 Å². The Hall–Kier alpha value is -0.890. The molecule has 84 valence electrons. The first-order chi connectivity index (χ1) is 7.54. The van der Waals surface area contributed by atoms with Gasteiger partial charge in [-0.1, -0.05) is 0 Å². The Balaban J connectivity index is 2.93. The number of amides is 1. The molecular formula is C10H9IN2O2S. The zero-order valence-corrected chi connectivity index (χ0v) is 11.5. The highest BCUT2D eigenvalue weighted by molar-refractivity contribution is 14.1. The predicted molar refractivity (Wildman–Crippen MR) is 73.0 cm³/mol. The van der Waals surface area contributed by atoms with Gasteiger partial charge in [-0.15, -0.1) is 11.3 Å². The lowest BCUT2D eigenvalue weighted by molar-refractivity contribution is 0.0999. The number of pyridine rings is 1. The van der Waals surface area contributed by atoms with Crippen molar-refractivity contribution < 1.29 is 4.79 Å². The SMILES string of the molecule is CCn1cc(C(N)=O)c(=O)c2cc(I)sc21. The van der Waals surface area contributed by atoms with E-state index in [4.69, 9.17) is 5.73 Å². The number of fused-ring (bicyclic) bond motifs is 1. The van der Waals surface area contributed by atoms with Gasteiger partial charge < -0.3 is 10.3 Å². The molecule has 4 nitrogen and oxygen atoms in total. The summed E-state index contributed by atoms with van der Waals surface area (Å²) in [5.74, 6) is -0.671. The number of carbonyl (C=O) groups excluding carboxylic acids is 1. The molecule has 2 rings (SSSR count). The number of aryl methyl sites for hydroxylation is 1. The van der Waals surface area contributed by atoms with E-state index in [-0.39, 0.29) is 11.0 Å². The van der Waals surface area contributed by atoms with Gasteiger partial charge in [-0.3, -0.25) is 9.59 Å². The number of hydrogen-bond donors (Lipinski definition) is 1. The third kappa shape index (κ3) is 1.75. The van der Waals surface area contributed by atoms with Gasteiger partial charge in [0.25, 0.3) is 5.91 Å². The molecule has 1 amide bonds. The van der Waals surface area contributed by atoms with E-state index in [1.165, 1.54) is 11.3 Å². The van der Waals surface area contributed by atoms with Crippen LogP contribution in [-0.2, 0) is 6.54 Å². The van der Waals surface area contributed by atoms with Crippen molar-refractivity contribution in [3.63, 3.8) is 0 Å². The predicted octanol–water partition coefficient (Wildman–Crippen LogP) is 1.79. The molecule has 16 heavy (non-hydrogen) atoms. The quantitative estimate of drug-likeness (QED) is 0.841. The maximum atomic E-state index is 11.9. The van der Waals surface area contributed by atoms with Crippen LogP contribution >= 0.6 is 33.9 Å². The molecule has 0 aliphatic heterocycles. The minimum Gasteiger partial charge on any atom is -0.365 e. The number of carbonyl (C=O) groups is 1. The number of primary amides is 1. The lowest BCUT2D eigenvalue weighted by Crippen LogP contribution is -2.23. The van der Waals surface area contributed by atoms with Gasteiger partial charge in [0, 0.05) is 12.7 Å². The van der Waals surface area contributed by atoms with E-state index in [0.29, 0.717) is 11.9 Å². The summed E-state index contributed by atoms with van der Waals surface area (Å²) in [7, 11) is 0. The minimum absolute atomic E-state index is 0.0588. The molecule has 0 unspecified atom stereocenters. The first kappa shape index (κ1) is 11.6. The fraction of sp³-hybridized carbons (Fsp3) is 0.200. The normalized spacial score (nSPS) is 10.9. The number of thiophene rings is 1. The Labute approximate surface area is 109 Å². The van der Waals surface area contributed by atoms with Gasteiger partial charge in [-0.25, -0.2) is 0 Å². The summed E-state index contributed by atoms with van der Waals surface area (Å²) in [6, 6.07) is 1.79. The van der Waals surface area contributed by atoms with E-state index in [0.717, 1.165) is 7.71 Å². The molecule has 0 saturated carbocycles. The van der Waals surface area contributed by atoms with Gasteiger partial charge in [0.2, 0.25) is 5.43 Å². The van der Waals surface area contributed by atoms with Crippen molar-refractivity contribution >= 4 is 50.1 Å². The van der Waals surface area contributed by atoms with Crippen LogP contribution in [0.3, 0.4) is 0 Å². The third-order valence-corrected chi connectivity index (χ3v) is 4.26. The summed E-state index contributed by atoms with van der Waals surface area (Å²) in [4.78, 5) is 24.0. The van der Waals surface area contributed by atoms with Crippen LogP contribution in [0.25, 0.3) is 10.2 Å². The van der Waals surface area contributed by atoms with Crippen LogP contribution < -0.4 is 11.2 Å². The Morgan fingerprint density at radius 1 is 1.62 bits per heavy atom. The highest BCUT2D eigenvalue weighted by atomic mass is 127. The third-order valence-electron chi connectivity index (χ3n) is 2.32. The van der Waals surface area contributed by atoms with Gasteiger partial charge in [0.1, 0.15) is 10.4 Å². The van der Waals surface area contributed by atoms with E-state index in [1.807, 2.05) is 11.5 Å². The van der Waals surface area contributed by atoms with Crippen molar-refractivity contribution in [2.45, 2.75) is 13.5 Å². The number of hydrogen-bond acceptors (Lipinski definition) is 3. The van der Waals surface area contributed by atoms with Crippen LogP contribution in [0.15, 0.2) is 17.1 Å². The Morgan fingerprint density at radius 2 is 2.31 bits per heavy atom. The van der Waals surface area contributed by atoms with Gasteiger partial charge in [-0.2, -0.15) is 0 Å². The van der Waals surface area contributed by atoms with Gasteiger partial charge in [0.15, 0.2) is 0 Å².